The van der Waals surface area contributed by atoms with Crippen LogP contribution in [0.3, 0.4) is 0 Å². The molecule has 2 rings (SSSR count). The summed E-state index contributed by atoms with van der Waals surface area (Å²) < 4.78 is 5.14. The van der Waals surface area contributed by atoms with Crippen molar-refractivity contribution in [1.82, 2.24) is 4.90 Å². The molecule has 7 nitrogen and oxygen atoms in total. The van der Waals surface area contributed by atoms with Gasteiger partial charge in [-0.1, -0.05) is 0 Å². The number of nitro benzene ring substituents is 1. The highest BCUT2D eigenvalue weighted by molar-refractivity contribution is 5.94. The van der Waals surface area contributed by atoms with E-state index in [1.807, 2.05) is 7.05 Å². The van der Waals surface area contributed by atoms with Gasteiger partial charge in [0, 0.05) is 18.7 Å². The first-order chi connectivity index (χ1) is 10.0. The van der Waals surface area contributed by atoms with Crippen molar-refractivity contribution in [2.24, 2.45) is 5.92 Å². The van der Waals surface area contributed by atoms with E-state index < -0.39 is 4.92 Å². The van der Waals surface area contributed by atoms with Gasteiger partial charge in [-0.3, -0.25) is 14.9 Å². The lowest BCUT2D eigenvalue weighted by Crippen LogP contribution is -2.38. The number of nitrogens with one attached hydrogen (secondary N) is 1. The summed E-state index contributed by atoms with van der Waals surface area (Å²) in [5.74, 6) is 0.186. The lowest BCUT2D eigenvalue weighted by molar-refractivity contribution is -0.384. The molecule has 1 heterocycles. The number of carbonyl (C=O) groups is 1. The highest BCUT2D eigenvalue weighted by Crippen LogP contribution is 2.29. The maximum atomic E-state index is 12.3. The highest BCUT2D eigenvalue weighted by Gasteiger charge is 2.25. The number of amides is 1. The van der Waals surface area contributed by atoms with E-state index in [0.717, 1.165) is 19.4 Å². The van der Waals surface area contributed by atoms with Gasteiger partial charge < -0.3 is 15.0 Å². The zero-order valence-corrected chi connectivity index (χ0v) is 12.2. The van der Waals surface area contributed by atoms with Crippen molar-refractivity contribution < 1.29 is 14.5 Å². The Morgan fingerprint density at radius 1 is 1.52 bits per heavy atom. The first kappa shape index (κ1) is 15.2. The van der Waals surface area contributed by atoms with E-state index in [1.54, 1.807) is 0 Å². The molecule has 21 heavy (non-hydrogen) atoms. The third-order valence-electron chi connectivity index (χ3n) is 3.65. The molecule has 1 unspecified atom stereocenters. The second-order valence-corrected chi connectivity index (χ2v) is 5.23. The van der Waals surface area contributed by atoms with Crippen molar-refractivity contribution in [2.75, 3.05) is 32.6 Å². The minimum absolute atomic E-state index is 0.0770. The van der Waals surface area contributed by atoms with Crippen LogP contribution >= 0.6 is 0 Å². The summed E-state index contributed by atoms with van der Waals surface area (Å²) in [6.07, 6.45) is 1.80. The molecular weight excluding hydrogens is 274 g/mol. The van der Waals surface area contributed by atoms with Gasteiger partial charge in [0.25, 0.3) is 5.69 Å². The van der Waals surface area contributed by atoms with Crippen LogP contribution in [0.2, 0.25) is 0 Å². The van der Waals surface area contributed by atoms with Gasteiger partial charge in [0.05, 0.1) is 23.6 Å². The standard InChI is InChI=1S/C14H19N3O4/c1-16-7-3-4-10(9-16)14(18)15-12-8-11(17(19)20)5-6-13(12)21-2/h5-6,8,10H,3-4,7,9H2,1-2H3,(H,15,18). The van der Waals surface area contributed by atoms with Gasteiger partial charge in [-0.25, -0.2) is 0 Å². The van der Waals surface area contributed by atoms with Gasteiger partial charge in [-0.05, 0) is 32.5 Å². The summed E-state index contributed by atoms with van der Waals surface area (Å²) in [5.41, 5.74) is 0.261. The van der Waals surface area contributed by atoms with Crippen LogP contribution in [0.25, 0.3) is 0 Å². The Hall–Kier alpha value is -2.15. The number of methoxy groups -OCH3 is 1. The van der Waals surface area contributed by atoms with E-state index in [4.69, 9.17) is 4.74 Å². The van der Waals surface area contributed by atoms with Crippen molar-refractivity contribution >= 4 is 17.3 Å². The number of likely N-dealkylation sites (tertiary alicyclic amines) is 1. The van der Waals surface area contributed by atoms with Crippen molar-refractivity contribution in [1.29, 1.82) is 0 Å². The molecule has 0 aromatic heterocycles. The zero-order valence-electron chi connectivity index (χ0n) is 12.2. The van der Waals surface area contributed by atoms with Crippen molar-refractivity contribution in [3.63, 3.8) is 0 Å². The van der Waals surface area contributed by atoms with E-state index in [1.165, 1.54) is 25.3 Å². The fourth-order valence-electron chi connectivity index (χ4n) is 2.52. The van der Waals surface area contributed by atoms with Crippen molar-refractivity contribution in [2.45, 2.75) is 12.8 Å². The van der Waals surface area contributed by atoms with Gasteiger partial charge >= 0.3 is 0 Å². The molecule has 1 amide bonds. The minimum Gasteiger partial charge on any atom is -0.495 e. The van der Waals surface area contributed by atoms with Crippen molar-refractivity contribution in [3.8, 4) is 5.75 Å². The van der Waals surface area contributed by atoms with Gasteiger partial charge in [0.2, 0.25) is 5.91 Å². The van der Waals surface area contributed by atoms with Crippen LogP contribution in [0.1, 0.15) is 12.8 Å². The normalized spacial score (nSPS) is 19.0. The Kier molecular flexibility index (Phi) is 4.74. The van der Waals surface area contributed by atoms with E-state index in [0.29, 0.717) is 18.0 Å². The fraction of sp³-hybridized carbons (Fsp3) is 0.500. The quantitative estimate of drug-likeness (QED) is 0.677. The molecule has 1 atom stereocenters. The van der Waals surface area contributed by atoms with Gasteiger partial charge in [0.15, 0.2) is 0 Å². The maximum Gasteiger partial charge on any atom is 0.271 e. The van der Waals surface area contributed by atoms with E-state index in [-0.39, 0.29) is 17.5 Å². The number of hydrogen-bond acceptors (Lipinski definition) is 5. The summed E-state index contributed by atoms with van der Waals surface area (Å²) in [4.78, 5) is 24.7. The van der Waals surface area contributed by atoms with Gasteiger partial charge in [-0.2, -0.15) is 0 Å². The number of nitro groups is 1. The molecule has 1 aliphatic heterocycles. The predicted molar refractivity (Wildman–Crippen MR) is 78.5 cm³/mol. The Morgan fingerprint density at radius 2 is 2.29 bits per heavy atom. The van der Waals surface area contributed by atoms with Crippen LogP contribution in [0.5, 0.6) is 5.75 Å². The number of piperidine rings is 1. The third kappa shape index (κ3) is 3.69. The Morgan fingerprint density at radius 3 is 2.90 bits per heavy atom. The molecule has 1 fully saturated rings. The predicted octanol–water partition coefficient (Wildman–Crippen LogP) is 1.88. The summed E-state index contributed by atoms with van der Waals surface area (Å²) in [7, 11) is 3.44. The minimum atomic E-state index is -0.497. The van der Waals surface area contributed by atoms with Crippen LogP contribution in [0.15, 0.2) is 18.2 Å². The van der Waals surface area contributed by atoms with Crippen molar-refractivity contribution in [3.05, 3.63) is 28.3 Å². The molecule has 0 saturated carbocycles. The van der Waals surface area contributed by atoms with E-state index in [2.05, 4.69) is 10.2 Å². The number of nitrogens with zero attached hydrogens (tertiary/aromatic N) is 2. The van der Waals surface area contributed by atoms with E-state index in [9.17, 15) is 14.9 Å². The second-order valence-electron chi connectivity index (χ2n) is 5.23. The zero-order chi connectivity index (χ0) is 15.4. The molecule has 1 N–H and O–H groups in total. The van der Waals surface area contributed by atoms with E-state index >= 15 is 0 Å². The first-order valence-corrected chi connectivity index (χ1v) is 6.83. The molecule has 1 saturated heterocycles. The number of hydrogen-bond donors (Lipinski definition) is 1. The summed E-state index contributed by atoms with van der Waals surface area (Å²) in [6, 6.07) is 4.16. The number of non-ortho nitro benzene ring substituents is 1. The summed E-state index contributed by atoms with van der Waals surface area (Å²) in [6.45, 7) is 1.69. The second kappa shape index (κ2) is 6.53. The number of anilines is 1. The first-order valence-electron chi connectivity index (χ1n) is 6.83. The van der Waals surface area contributed by atoms with Crippen LogP contribution in [0.4, 0.5) is 11.4 Å². The lowest BCUT2D eigenvalue weighted by Gasteiger charge is -2.28. The largest absolute Gasteiger partial charge is 0.495 e. The molecule has 0 bridgehead atoms. The maximum absolute atomic E-state index is 12.3. The Bertz CT molecular complexity index is 547. The summed E-state index contributed by atoms with van der Waals surface area (Å²) in [5, 5.41) is 13.6. The monoisotopic (exact) mass is 293 g/mol. The summed E-state index contributed by atoms with van der Waals surface area (Å²) >= 11 is 0. The topological polar surface area (TPSA) is 84.7 Å². The number of rotatable bonds is 4. The third-order valence-corrected chi connectivity index (χ3v) is 3.65. The molecule has 1 aromatic carbocycles. The van der Waals surface area contributed by atoms with Gasteiger partial charge in [0.1, 0.15) is 5.75 Å². The molecule has 114 valence electrons. The average Bonchev–Trinajstić information content (AvgIpc) is 2.47. The average molecular weight is 293 g/mol. The SMILES string of the molecule is COc1ccc([N+](=O)[O-])cc1NC(=O)C1CCCN(C)C1. The molecule has 0 aliphatic carbocycles. The van der Waals surface area contributed by atoms with Crippen LogP contribution in [-0.2, 0) is 4.79 Å². The lowest BCUT2D eigenvalue weighted by atomic mass is 9.97. The molecule has 0 radical (unpaired) electrons. The number of carbonyl (C=O) groups excluding carboxylic acids is 1. The Balaban J connectivity index is 2.15. The van der Waals surface area contributed by atoms with Crippen LogP contribution in [-0.4, -0.2) is 43.0 Å². The Labute approximate surface area is 123 Å². The molecule has 7 heteroatoms. The number of benzene rings is 1. The number of ether oxygens (including phenoxy) is 1. The highest BCUT2D eigenvalue weighted by atomic mass is 16.6. The smallest absolute Gasteiger partial charge is 0.271 e. The molecule has 1 aliphatic rings. The molecule has 1 aromatic rings. The van der Waals surface area contributed by atoms with Crippen LogP contribution < -0.4 is 10.1 Å². The molecule has 0 spiro atoms. The molecular formula is C14H19N3O4. The van der Waals surface area contributed by atoms with Crippen LogP contribution in [0, 0.1) is 16.0 Å². The van der Waals surface area contributed by atoms with Gasteiger partial charge in [-0.15, -0.1) is 0 Å². The fourth-order valence-corrected chi connectivity index (χ4v) is 2.52.